The van der Waals surface area contributed by atoms with Crippen molar-refractivity contribution in [1.82, 2.24) is 5.32 Å². The van der Waals surface area contributed by atoms with Crippen LogP contribution in [0.1, 0.15) is 32.3 Å². The number of nitrogens with one attached hydrogen (secondary N) is 1. The fourth-order valence-electron chi connectivity index (χ4n) is 2.79. The average Bonchev–Trinajstić information content (AvgIpc) is 2.84. The van der Waals surface area contributed by atoms with E-state index in [1.165, 1.54) is 6.92 Å². The molecule has 0 bridgehead atoms. The van der Waals surface area contributed by atoms with Gasteiger partial charge in [-0.25, -0.2) is 0 Å². The van der Waals surface area contributed by atoms with Gasteiger partial charge in [-0.1, -0.05) is 18.2 Å². The quantitative estimate of drug-likeness (QED) is 0.857. The number of hydrogen-bond acceptors (Lipinski definition) is 3. The number of amides is 2. The van der Waals surface area contributed by atoms with E-state index in [1.807, 2.05) is 31.2 Å². The minimum atomic E-state index is -0.475. The number of carbonyl (C=O) groups excluding carboxylic acids is 2. The lowest BCUT2D eigenvalue weighted by atomic mass is 10.1. The summed E-state index contributed by atoms with van der Waals surface area (Å²) in [4.78, 5) is 25.9. The van der Waals surface area contributed by atoms with Gasteiger partial charge in [0.2, 0.25) is 11.8 Å². The maximum atomic E-state index is 12.4. The minimum absolute atomic E-state index is 0.0119. The highest BCUT2D eigenvalue weighted by atomic mass is 16.3. The van der Waals surface area contributed by atoms with Crippen molar-refractivity contribution in [3.8, 4) is 0 Å². The van der Waals surface area contributed by atoms with E-state index in [2.05, 4.69) is 5.32 Å². The van der Waals surface area contributed by atoms with Crippen molar-refractivity contribution in [2.45, 2.75) is 45.2 Å². The highest BCUT2D eigenvalue weighted by Crippen LogP contribution is 2.32. The number of rotatable bonds is 5. The second kappa shape index (κ2) is 6.72. The molecule has 0 spiro atoms. The molecule has 2 atom stereocenters. The number of benzene rings is 1. The third-order valence-electron chi connectivity index (χ3n) is 3.80. The number of anilines is 1. The molecular formula is C16H22N2O3. The zero-order valence-corrected chi connectivity index (χ0v) is 12.5. The molecule has 0 aliphatic carbocycles. The lowest BCUT2D eigenvalue weighted by Crippen LogP contribution is -2.49. The summed E-state index contributed by atoms with van der Waals surface area (Å²) in [6, 6.07) is 7.13. The van der Waals surface area contributed by atoms with E-state index in [0.29, 0.717) is 12.8 Å². The van der Waals surface area contributed by atoms with Crippen LogP contribution in [-0.2, 0) is 16.0 Å². The van der Waals surface area contributed by atoms with E-state index in [9.17, 15) is 9.59 Å². The van der Waals surface area contributed by atoms with Crippen LogP contribution in [0.15, 0.2) is 24.3 Å². The fourth-order valence-corrected chi connectivity index (χ4v) is 2.79. The molecule has 114 valence electrons. The summed E-state index contributed by atoms with van der Waals surface area (Å²) in [6.45, 7) is 3.51. The third-order valence-corrected chi connectivity index (χ3v) is 3.80. The lowest BCUT2D eigenvalue weighted by Gasteiger charge is -2.25. The highest BCUT2D eigenvalue weighted by Gasteiger charge is 2.36. The Balaban J connectivity index is 2.09. The van der Waals surface area contributed by atoms with E-state index < -0.39 is 6.04 Å². The van der Waals surface area contributed by atoms with E-state index >= 15 is 0 Å². The van der Waals surface area contributed by atoms with Crippen molar-refractivity contribution in [3.05, 3.63) is 29.8 Å². The Morgan fingerprint density at radius 1 is 1.43 bits per heavy atom. The Morgan fingerprint density at radius 3 is 2.81 bits per heavy atom. The SMILES string of the molecule is CC(=O)N1c2ccccc2C[C@H]1C(=O)NC(C)CCCO. The standard InChI is InChI=1S/C16H22N2O3/c1-11(6-5-9-19)17-16(21)15-10-13-7-3-4-8-14(13)18(15)12(2)20/h3-4,7-8,11,15,19H,5-6,9-10H2,1-2H3,(H,17,21)/t11?,15-/m0/s1. The zero-order chi connectivity index (χ0) is 15.4. The van der Waals surface area contributed by atoms with Crippen LogP contribution in [0, 0.1) is 0 Å². The van der Waals surface area contributed by atoms with Crippen LogP contribution in [-0.4, -0.2) is 35.6 Å². The Hall–Kier alpha value is -1.88. The molecule has 2 amide bonds. The van der Waals surface area contributed by atoms with Gasteiger partial charge in [0.25, 0.3) is 0 Å². The molecule has 5 heteroatoms. The van der Waals surface area contributed by atoms with Crippen molar-refractivity contribution >= 4 is 17.5 Å². The molecule has 2 N–H and O–H groups in total. The molecule has 0 aromatic heterocycles. The molecular weight excluding hydrogens is 268 g/mol. The van der Waals surface area contributed by atoms with E-state index in [-0.39, 0.29) is 24.5 Å². The Kier molecular flexibility index (Phi) is 4.96. The summed E-state index contributed by atoms with van der Waals surface area (Å²) in [6.07, 6.45) is 1.93. The third kappa shape index (κ3) is 3.42. The zero-order valence-electron chi connectivity index (χ0n) is 12.5. The molecule has 1 aromatic carbocycles. The molecule has 0 saturated heterocycles. The summed E-state index contributed by atoms with van der Waals surface area (Å²) >= 11 is 0. The first-order chi connectivity index (χ1) is 10.0. The number of carbonyl (C=O) groups is 2. The Bertz CT molecular complexity index is 530. The number of nitrogens with zero attached hydrogens (tertiary/aromatic N) is 1. The van der Waals surface area contributed by atoms with Crippen molar-refractivity contribution in [3.63, 3.8) is 0 Å². The van der Waals surface area contributed by atoms with Gasteiger partial charge < -0.3 is 10.4 Å². The molecule has 1 aliphatic heterocycles. The fraction of sp³-hybridized carbons (Fsp3) is 0.500. The molecule has 0 fully saturated rings. The van der Waals surface area contributed by atoms with E-state index in [0.717, 1.165) is 17.7 Å². The van der Waals surface area contributed by atoms with Gasteiger partial charge in [0, 0.05) is 31.7 Å². The maximum Gasteiger partial charge on any atom is 0.243 e. The maximum absolute atomic E-state index is 12.4. The van der Waals surface area contributed by atoms with Crippen LogP contribution < -0.4 is 10.2 Å². The highest BCUT2D eigenvalue weighted by molar-refractivity contribution is 6.02. The lowest BCUT2D eigenvalue weighted by molar-refractivity contribution is -0.126. The summed E-state index contributed by atoms with van der Waals surface area (Å²) < 4.78 is 0. The summed E-state index contributed by atoms with van der Waals surface area (Å²) in [7, 11) is 0. The predicted octanol–water partition coefficient (Wildman–Crippen LogP) is 1.24. The number of aliphatic hydroxyl groups is 1. The van der Waals surface area contributed by atoms with Crippen LogP contribution in [0.2, 0.25) is 0 Å². The van der Waals surface area contributed by atoms with Crippen LogP contribution >= 0.6 is 0 Å². The first kappa shape index (κ1) is 15.5. The van der Waals surface area contributed by atoms with Gasteiger partial charge in [-0.3, -0.25) is 14.5 Å². The number of fused-ring (bicyclic) bond motifs is 1. The molecule has 2 rings (SSSR count). The second-order valence-electron chi connectivity index (χ2n) is 5.51. The molecule has 1 unspecified atom stereocenters. The van der Waals surface area contributed by atoms with Crippen LogP contribution in [0.25, 0.3) is 0 Å². The first-order valence-electron chi connectivity index (χ1n) is 7.33. The van der Waals surface area contributed by atoms with Gasteiger partial charge in [0.05, 0.1) is 0 Å². The predicted molar refractivity (Wildman–Crippen MR) is 81.0 cm³/mol. The molecule has 21 heavy (non-hydrogen) atoms. The number of para-hydroxylation sites is 1. The second-order valence-corrected chi connectivity index (χ2v) is 5.51. The number of aliphatic hydroxyl groups excluding tert-OH is 1. The van der Waals surface area contributed by atoms with Gasteiger partial charge >= 0.3 is 0 Å². The van der Waals surface area contributed by atoms with Gasteiger partial charge in [-0.05, 0) is 31.4 Å². The van der Waals surface area contributed by atoms with Crippen molar-refractivity contribution in [2.75, 3.05) is 11.5 Å². The summed E-state index contributed by atoms with van der Waals surface area (Å²) in [5.41, 5.74) is 1.85. The molecule has 1 aromatic rings. The Labute approximate surface area is 125 Å². The smallest absolute Gasteiger partial charge is 0.243 e. The van der Waals surface area contributed by atoms with E-state index in [4.69, 9.17) is 5.11 Å². The molecule has 1 heterocycles. The van der Waals surface area contributed by atoms with E-state index in [1.54, 1.807) is 4.90 Å². The van der Waals surface area contributed by atoms with Gasteiger partial charge in [-0.15, -0.1) is 0 Å². The van der Waals surface area contributed by atoms with Crippen LogP contribution in [0.3, 0.4) is 0 Å². The summed E-state index contributed by atoms with van der Waals surface area (Å²) in [5, 5.41) is 11.8. The Morgan fingerprint density at radius 2 is 2.14 bits per heavy atom. The molecule has 1 aliphatic rings. The number of hydrogen-bond donors (Lipinski definition) is 2. The molecule has 0 saturated carbocycles. The average molecular weight is 290 g/mol. The van der Waals surface area contributed by atoms with Gasteiger partial charge in [-0.2, -0.15) is 0 Å². The van der Waals surface area contributed by atoms with Gasteiger partial charge in [0.15, 0.2) is 0 Å². The topological polar surface area (TPSA) is 69.6 Å². The van der Waals surface area contributed by atoms with Crippen molar-refractivity contribution in [2.24, 2.45) is 0 Å². The normalized spacial score (nSPS) is 18.2. The van der Waals surface area contributed by atoms with Crippen molar-refractivity contribution < 1.29 is 14.7 Å². The van der Waals surface area contributed by atoms with Gasteiger partial charge in [0.1, 0.15) is 6.04 Å². The van der Waals surface area contributed by atoms with Crippen LogP contribution in [0.4, 0.5) is 5.69 Å². The molecule has 0 radical (unpaired) electrons. The monoisotopic (exact) mass is 290 g/mol. The van der Waals surface area contributed by atoms with Crippen molar-refractivity contribution in [1.29, 1.82) is 0 Å². The first-order valence-corrected chi connectivity index (χ1v) is 7.33. The largest absolute Gasteiger partial charge is 0.396 e. The minimum Gasteiger partial charge on any atom is -0.396 e. The summed E-state index contributed by atoms with van der Waals surface area (Å²) in [5.74, 6) is -0.255. The molecule has 5 nitrogen and oxygen atoms in total. The van der Waals surface area contributed by atoms with Crippen LogP contribution in [0.5, 0.6) is 0 Å².